The summed E-state index contributed by atoms with van der Waals surface area (Å²) in [6, 6.07) is 0. The highest BCUT2D eigenvalue weighted by Crippen LogP contribution is 2.44. The van der Waals surface area contributed by atoms with Gasteiger partial charge in [0.1, 0.15) is 0 Å². The van der Waals surface area contributed by atoms with Crippen LogP contribution in [0.1, 0.15) is 26.7 Å². The molecule has 12 heavy (non-hydrogen) atoms. The number of hydrogen-bond acceptors (Lipinski definition) is 3. The van der Waals surface area contributed by atoms with Crippen LogP contribution >= 0.6 is 0 Å². The summed E-state index contributed by atoms with van der Waals surface area (Å²) in [5, 5.41) is 9.33. The normalized spacial score (nSPS) is 36.6. The van der Waals surface area contributed by atoms with Crippen LogP contribution in [0.25, 0.3) is 0 Å². The Morgan fingerprint density at radius 3 is 2.08 bits per heavy atom. The molecular formula is C7H14O4S. The Bertz CT molecular complexity index is 261. The van der Waals surface area contributed by atoms with Crippen LogP contribution in [0.2, 0.25) is 0 Å². The van der Waals surface area contributed by atoms with Crippen LogP contribution in [-0.4, -0.2) is 23.0 Å². The lowest BCUT2D eigenvalue weighted by Crippen LogP contribution is -2.51. The summed E-state index contributed by atoms with van der Waals surface area (Å²) in [7, 11) is -4.28. The lowest BCUT2D eigenvalue weighted by atomic mass is 9.75. The molecule has 0 aromatic heterocycles. The van der Waals surface area contributed by atoms with Crippen LogP contribution in [0.5, 0.6) is 0 Å². The van der Waals surface area contributed by atoms with Gasteiger partial charge in [-0.05, 0) is 24.7 Å². The van der Waals surface area contributed by atoms with Crippen molar-refractivity contribution in [3.8, 4) is 0 Å². The molecule has 1 saturated carbocycles. The molecule has 0 atom stereocenters. The lowest BCUT2D eigenvalue weighted by Gasteiger charge is -2.42. The van der Waals surface area contributed by atoms with Crippen molar-refractivity contribution in [2.45, 2.75) is 31.6 Å². The molecule has 0 saturated heterocycles. The Kier molecular flexibility index (Phi) is 2.22. The fourth-order valence-electron chi connectivity index (χ4n) is 1.44. The van der Waals surface area contributed by atoms with Gasteiger partial charge in [0.25, 0.3) is 10.1 Å². The molecule has 4 nitrogen and oxygen atoms in total. The summed E-state index contributed by atoms with van der Waals surface area (Å²) in [5.74, 6) is 0.559. The van der Waals surface area contributed by atoms with Crippen molar-refractivity contribution in [2.24, 2.45) is 11.8 Å². The molecular weight excluding hydrogens is 180 g/mol. The molecule has 0 aromatic carbocycles. The van der Waals surface area contributed by atoms with E-state index in [0.29, 0.717) is 5.92 Å². The summed E-state index contributed by atoms with van der Waals surface area (Å²) >= 11 is 0. The quantitative estimate of drug-likeness (QED) is 0.632. The molecule has 2 N–H and O–H groups in total. The van der Waals surface area contributed by atoms with Gasteiger partial charge < -0.3 is 5.11 Å². The second kappa shape index (κ2) is 2.68. The van der Waals surface area contributed by atoms with Gasteiger partial charge in [-0.2, -0.15) is 8.42 Å². The standard InChI is InChI=1S/C7H14O4S/c1-5(2)6-3-7(8,4-6)12(9,10)11/h5-6,8H,3-4H2,1-2H3,(H,9,10,11). The average Bonchev–Trinajstić information content (AvgIpc) is 1.77. The van der Waals surface area contributed by atoms with Crippen molar-refractivity contribution in [3.05, 3.63) is 0 Å². The molecule has 1 fully saturated rings. The van der Waals surface area contributed by atoms with E-state index < -0.39 is 15.1 Å². The van der Waals surface area contributed by atoms with Gasteiger partial charge in [0.2, 0.25) is 0 Å². The van der Waals surface area contributed by atoms with Gasteiger partial charge in [-0.25, -0.2) is 0 Å². The zero-order chi connectivity index (χ0) is 9.57. The van der Waals surface area contributed by atoms with E-state index in [1.54, 1.807) is 0 Å². The van der Waals surface area contributed by atoms with E-state index in [0.717, 1.165) is 0 Å². The predicted molar refractivity (Wildman–Crippen MR) is 44.1 cm³/mol. The third-order valence-corrected chi connectivity index (χ3v) is 3.88. The molecule has 1 aliphatic carbocycles. The summed E-state index contributed by atoms with van der Waals surface area (Å²) in [4.78, 5) is -1.86. The summed E-state index contributed by atoms with van der Waals surface area (Å²) in [6.07, 6.45) is 0.312. The van der Waals surface area contributed by atoms with Crippen molar-refractivity contribution >= 4 is 10.1 Å². The van der Waals surface area contributed by atoms with E-state index in [-0.39, 0.29) is 18.8 Å². The topological polar surface area (TPSA) is 74.6 Å². The molecule has 0 heterocycles. The van der Waals surface area contributed by atoms with E-state index in [2.05, 4.69) is 0 Å². The third-order valence-electron chi connectivity index (χ3n) is 2.59. The van der Waals surface area contributed by atoms with Crippen LogP contribution < -0.4 is 0 Å². The first-order chi connectivity index (χ1) is 5.26. The lowest BCUT2D eigenvalue weighted by molar-refractivity contribution is -0.0242. The highest BCUT2D eigenvalue weighted by Gasteiger charge is 2.52. The number of rotatable bonds is 2. The smallest absolute Gasteiger partial charge is 0.294 e. The minimum atomic E-state index is -4.28. The molecule has 1 rings (SSSR count). The van der Waals surface area contributed by atoms with Gasteiger partial charge in [0.05, 0.1) is 0 Å². The first kappa shape index (κ1) is 9.95. The van der Waals surface area contributed by atoms with Gasteiger partial charge in [-0.3, -0.25) is 4.55 Å². The molecule has 0 aliphatic heterocycles. The molecule has 0 amide bonds. The monoisotopic (exact) mass is 194 g/mol. The molecule has 0 radical (unpaired) electrons. The van der Waals surface area contributed by atoms with Gasteiger partial charge in [-0.15, -0.1) is 0 Å². The fraction of sp³-hybridized carbons (Fsp3) is 1.00. The molecule has 0 unspecified atom stereocenters. The Labute approximate surface area is 72.3 Å². The SMILES string of the molecule is CC(C)C1CC(O)(S(=O)(=O)O)C1. The maximum Gasteiger partial charge on any atom is 0.294 e. The van der Waals surface area contributed by atoms with Crippen LogP contribution in [0.15, 0.2) is 0 Å². The van der Waals surface area contributed by atoms with Crippen molar-refractivity contribution in [1.29, 1.82) is 0 Å². The van der Waals surface area contributed by atoms with Crippen molar-refractivity contribution in [1.82, 2.24) is 0 Å². The zero-order valence-corrected chi connectivity index (χ0v) is 8.00. The largest absolute Gasteiger partial charge is 0.372 e. The third kappa shape index (κ3) is 1.48. The Hall–Kier alpha value is -0.130. The second-order valence-corrected chi connectivity index (χ2v) is 5.54. The molecule has 0 aromatic rings. The molecule has 1 aliphatic rings. The number of hydrogen-bond donors (Lipinski definition) is 2. The molecule has 0 bridgehead atoms. The van der Waals surface area contributed by atoms with E-state index >= 15 is 0 Å². The van der Waals surface area contributed by atoms with Gasteiger partial charge in [-0.1, -0.05) is 13.8 Å². The van der Waals surface area contributed by atoms with Crippen LogP contribution in [0, 0.1) is 11.8 Å². The van der Waals surface area contributed by atoms with E-state index in [9.17, 15) is 13.5 Å². The van der Waals surface area contributed by atoms with Gasteiger partial charge in [0.15, 0.2) is 4.93 Å². The Balaban J connectivity index is 2.63. The van der Waals surface area contributed by atoms with Crippen molar-refractivity contribution < 1.29 is 18.1 Å². The highest BCUT2D eigenvalue weighted by molar-refractivity contribution is 7.87. The predicted octanol–water partition coefficient (Wildman–Crippen LogP) is 0.629. The first-order valence-corrected chi connectivity index (χ1v) is 5.40. The summed E-state index contributed by atoms with van der Waals surface area (Å²) < 4.78 is 29.8. The van der Waals surface area contributed by atoms with Crippen LogP contribution in [-0.2, 0) is 10.1 Å². The van der Waals surface area contributed by atoms with Crippen LogP contribution in [0.3, 0.4) is 0 Å². The van der Waals surface area contributed by atoms with Crippen molar-refractivity contribution in [3.63, 3.8) is 0 Å². The molecule has 5 heteroatoms. The summed E-state index contributed by atoms with van der Waals surface area (Å²) in [5.41, 5.74) is 0. The van der Waals surface area contributed by atoms with Crippen molar-refractivity contribution in [2.75, 3.05) is 0 Å². The van der Waals surface area contributed by atoms with Gasteiger partial charge in [0, 0.05) is 0 Å². The van der Waals surface area contributed by atoms with E-state index in [4.69, 9.17) is 4.55 Å². The average molecular weight is 194 g/mol. The maximum absolute atomic E-state index is 10.6. The van der Waals surface area contributed by atoms with E-state index in [1.807, 2.05) is 13.8 Å². The maximum atomic E-state index is 10.6. The second-order valence-electron chi connectivity index (χ2n) is 3.83. The minimum Gasteiger partial charge on any atom is -0.372 e. The Morgan fingerprint density at radius 2 is 1.83 bits per heavy atom. The zero-order valence-electron chi connectivity index (χ0n) is 7.19. The molecule has 72 valence electrons. The van der Waals surface area contributed by atoms with Crippen LogP contribution in [0.4, 0.5) is 0 Å². The van der Waals surface area contributed by atoms with Gasteiger partial charge >= 0.3 is 0 Å². The first-order valence-electron chi connectivity index (χ1n) is 3.96. The minimum absolute atomic E-state index is 0.156. The highest BCUT2D eigenvalue weighted by atomic mass is 32.2. The molecule has 0 spiro atoms. The Morgan fingerprint density at radius 1 is 1.42 bits per heavy atom. The number of aliphatic hydroxyl groups is 1. The fourth-order valence-corrected chi connectivity index (χ4v) is 2.29. The van der Waals surface area contributed by atoms with E-state index in [1.165, 1.54) is 0 Å². The summed E-state index contributed by atoms with van der Waals surface area (Å²) in [6.45, 7) is 3.93.